The van der Waals surface area contributed by atoms with Gasteiger partial charge in [0, 0.05) is 19.4 Å². The third-order valence-electron chi connectivity index (χ3n) is 3.90. The minimum absolute atomic E-state index is 0.0134. The van der Waals surface area contributed by atoms with Crippen LogP contribution >= 0.6 is 0 Å². The van der Waals surface area contributed by atoms with E-state index in [2.05, 4.69) is 10.1 Å². The van der Waals surface area contributed by atoms with Gasteiger partial charge in [0.05, 0.1) is 6.10 Å². The van der Waals surface area contributed by atoms with E-state index in [1.165, 1.54) is 10.4 Å². The lowest BCUT2D eigenvalue weighted by atomic mass is 10.2. The molecule has 0 aliphatic carbocycles. The summed E-state index contributed by atoms with van der Waals surface area (Å²) in [4.78, 5) is 4.31. The van der Waals surface area contributed by atoms with Gasteiger partial charge in [0.2, 0.25) is 15.9 Å². The van der Waals surface area contributed by atoms with E-state index in [-0.39, 0.29) is 23.8 Å². The molecule has 2 aromatic rings. The second-order valence-corrected chi connectivity index (χ2v) is 7.52. The average Bonchev–Trinajstić information content (AvgIpc) is 3.17. The van der Waals surface area contributed by atoms with E-state index in [0.29, 0.717) is 23.8 Å². The number of aromatic nitrogens is 2. The zero-order chi connectivity index (χ0) is 16.8. The van der Waals surface area contributed by atoms with E-state index in [1.807, 2.05) is 6.92 Å². The lowest BCUT2D eigenvalue weighted by molar-refractivity contribution is 0.188. The molecule has 3 rings (SSSR count). The molecule has 1 saturated heterocycles. The van der Waals surface area contributed by atoms with Crippen LogP contribution in [0.25, 0.3) is 0 Å². The first-order chi connectivity index (χ1) is 10.8. The molecule has 1 aliphatic rings. The largest absolute Gasteiger partial charge is 0.465 e. The van der Waals surface area contributed by atoms with Gasteiger partial charge in [0.25, 0.3) is 0 Å². The van der Waals surface area contributed by atoms with Crippen LogP contribution in [0, 0.1) is 13.8 Å². The summed E-state index contributed by atoms with van der Waals surface area (Å²) in [7, 11) is -3.82. The van der Waals surface area contributed by atoms with Crippen molar-refractivity contribution in [3.05, 3.63) is 29.3 Å². The molecule has 0 bridgehead atoms. The number of furan rings is 1. The van der Waals surface area contributed by atoms with Crippen molar-refractivity contribution in [1.29, 1.82) is 0 Å². The van der Waals surface area contributed by atoms with Gasteiger partial charge in [-0.3, -0.25) is 0 Å². The summed E-state index contributed by atoms with van der Waals surface area (Å²) < 4.78 is 37.6. The van der Waals surface area contributed by atoms with Crippen LogP contribution in [0.5, 0.6) is 0 Å². The van der Waals surface area contributed by atoms with Crippen LogP contribution in [-0.4, -0.2) is 40.6 Å². The molecule has 0 saturated carbocycles. The van der Waals surface area contributed by atoms with Crippen molar-refractivity contribution in [3.63, 3.8) is 0 Å². The Kier molecular flexibility index (Phi) is 4.03. The number of sulfonamides is 1. The van der Waals surface area contributed by atoms with Crippen molar-refractivity contribution in [3.8, 4) is 0 Å². The molecular formula is C14H19N3O5S. The first kappa shape index (κ1) is 16.2. The molecule has 126 valence electrons. The molecule has 2 atom stereocenters. The third kappa shape index (κ3) is 2.79. The lowest BCUT2D eigenvalue weighted by Gasteiger charge is -2.20. The van der Waals surface area contributed by atoms with E-state index in [4.69, 9.17) is 8.94 Å². The molecule has 0 amide bonds. The number of nitrogens with zero attached hydrogens (tertiary/aromatic N) is 3. The summed E-state index contributed by atoms with van der Waals surface area (Å²) in [6.45, 7) is 5.15. The van der Waals surface area contributed by atoms with Crippen LogP contribution in [0.4, 0.5) is 0 Å². The predicted octanol–water partition coefficient (Wildman–Crippen LogP) is 1.34. The minimum Gasteiger partial charge on any atom is -0.465 e. The quantitative estimate of drug-likeness (QED) is 0.893. The molecule has 1 N–H and O–H groups in total. The lowest BCUT2D eigenvalue weighted by Crippen LogP contribution is -2.32. The topological polar surface area (TPSA) is 110 Å². The van der Waals surface area contributed by atoms with Gasteiger partial charge in [-0.2, -0.15) is 9.29 Å². The highest BCUT2D eigenvalue weighted by molar-refractivity contribution is 7.89. The Labute approximate surface area is 134 Å². The first-order valence-corrected chi connectivity index (χ1v) is 8.86. The van der Waals surface area contributed by atoms with Crippen LogP contribution in [0.3, 0.4) is 0 Å². The van der Waals surface area contributed by atoms with Gasteiger partial charge in [0.1, 0.15) is 22.5 Å². The Morgan fingerprint density at radius 1 is 1.43 bits per heavy atom. The molecule has 0 spiro atoms. The Morgan fingerprint density at radius 2 is 2.17 bits per heavy atom. The number of aryl methyl sites for hydroxylation is 3. The summed E-state index contributed by atoms with van der Waals surface area (Å²) in [5.74, 6) is 1.56. The van der Waals surface area contributed by atoms with Crippen LogP contribution < -0.4 is 0 Å². The average molecular weight is 341 g/mol. The minimum atomic E-state index is -3.82. The zero-order valence-corrected chi connectivity index (χ0v) is 14.0. The van der Waals surface area contributed by atoms with Gasteiger partial charge >= 0.3 is 0 Å². The molecule has 23 heavy (non-hydrogen) atoms. The van der Waals surface area contributed by atoms with Gasteiger partial charge in [-0.1, -0.05) is 12.1 Å². The number of aliphatic hydroxyl groups excluding tert-OH is 1. The van der Waals surface area contributed by atoms with Crippen molar-refractivity contribution in [1.82, 2.24) is 14.4 Å². The van der Waals surface area contributed by atoms with Crippen LogP contribution in [0.2, 0.25) is 0 Å². The molecule has 0 unspecified atom stereocenters. The van der Waals surface area contributed by atoms with E-state index in [1.54, 1.807) is 13.8 Å². The Morgan fingerprint density at radius 3 is 2.74 bits per heavy atom. The Balaban J connectivity index is 2.00. The van der Waals surface area contributed by atoms with Crippen molar-refractivity contribution < 1.29 is 22.5 Å². The maximum absolute atomic E-state index is 12.9. The zero-order valence-electron chi connectivity index (χ0n) is 13.2. The van der Waals surface area contributed by atoms with E-state index >= 15 is 0 Å². The summed E-state index contributed by atoms with van der Waals surface area (Å²) in [6, 6.07) is 0.815. The predicted molar refractivity (Wildman–Crippen MR) is 79.1 cm³/mol. The fourth-order valence-corrected chi connectivity index (χ4v) is 4.66. The maximum Gasteiger partial charge on any atom is 0.247 e. The van der Waals surface area contributed by atoms with Crippen LogP contribution in [-0.2, 0) is 16.4 Å². The van der Waals surface area contributed by atoms with Crippen molar-refractivity contribution in [2.75, 3.05) is 6.54 Å². The molecule has 9 heteroatoms. The highest BCUT2D eigenvalue weighted by Crippen LogP contribution is 2.37. The number of rotatable bonds is 4. The maximum atomic E-state index is 12.9. The molecule has 1 fully saturated rings. The first-order valence-electron chi connectivity index (χ1n) is 7.42. The molecule has 3 heterocycles. The summed E-state index contributed by atoms with van der Waals surface area (Å²) in [5, 5.41) is 13.8. The molecular weight excluding hydrogens is 322 g/mol. The van der Waals surface area contributed by atoms with Crippen molar-refractivity contribution in [2.24, 2.45) is 0 Å². The van der Waals surface area contributed by atoms with Gasteiger partial charge in [-0.25, -0.2) is 8.42 Å². The standard InChI is InChI=1S/C14H19N3O5S/c1-4-13-15-14(22-16-13)11-6-10(18)7-17(11)23(19,20)12-5-8(2)21-9(12)3/h5,10-11,18H,4,6-7H2,1-3H3/t10-,11+/m0/s1. The van der Waals surface area contributed by atoms with E-state index in [0.717, 1.165) is 0 Å². The molecule has 8 nitrogen and oxygen atoms in total. The van der Waals surface area contributed by atoms with E-state index < -0.39 is 22.2 Å². The van der Waals surface area contributed by atoms with Crippen molar-refractivity contribution in [2.45, 2.75) is 50.7 Å². The monoisotopic (exact) mass is 341 g/mol. The summed E-state index contributed by atoms with van der Waals surface area (Å²) in [5.41, 5.74) is 0. The van der Waals surface area contributed by atoms with Crippen molar-refractivity contribution >= 4 is 10.0 Å². The third-order valence-corrected chi connectivity index (χ3v) is 5.88. The Hall–Kier alpha value is -1.71. The van der Waals surface area contributed by atoms with Gasteiger partial charge in [0.15, 0.2) is 5.82 Å². The number of hydrogen-bond donors (Lipinski definition) is 1. The van der Waals surface area contributed by atoms with Gasteiger partial charge < -0.3 is 14.0 Å². The van der Waals surface area contributed by atoms with Gasteiger partial charge in [-0.15, -0.1) is 0 Å². The fourth-order valence-electron chi connectivity index (χ4n) is 2.81. The SMILES string of the molecule is CCc1noc([C@H]2C[C@H](O)CN2S(=O)(=O)c2cc(C)oc2C)n1. The fraction of sp³-hybridized carbons (Fsp3) is 0.571. The number of aliphatic hydroxyl groups is 1. The van der Waals surface area contributed by atoms with Crippen LogP contribution in [0.15, 0.2) is 19.9 Å². The summed E-state index contributed by atoms with van der Waals surface area (Å²) in [6.07, 6.45) is 0.0338. The number of hydrogen-bond acceptors (Lipinski definition) is 7. The normalized spacial score (nSPS) is 22.8. The second kappa shape index (κ2) is 5.73. The molecule has 2 aromatic heterocycles. The Bertz CT molecular complexity index is 810. The molecule has 0 radical (unpaired) electrons. The second-order valence-electron chi connectivity index (χ2n) is 5.66. The summed E-state index contributed by atoms with van der Waals surface area (Å²) >= 11 is 0. The highest BCUT2D eigenvalue weighted by Gasteiger charge is 2.44. The highest BCUT2D eigenvalue weighted by atomic mass is 32.2. The number of β-amino-alcohol motifs (C(OH)–C–C–N with tert-alkyl or cyclic N) is 1. The molecule has 0 aromatic carbocycles. The van der Waals surface area contributed by atoms with Crippen LogP contribution in [0.1, 0.15) is 42.6 Å². The molecule has 1 aliphatic heterocycles. The smallest absolute Gasteiger partial charge is 0.247 e. The van der Waals surface area contributed by atoms with Gasteiger partial charge in [-0.05, 0) is 19.9 Å². The van der Waals surface area contributed by atoms with E-state index in [9.17, 15) is 13.5 Å².